The molecule has 0 amide bonds. The summed E-state index contributed by atoms with van der Waals surface area (Å²) in [5.41, 5.74) is -1.83. The number of aliphatic imine (C=N–C) groups is 1. The second kappa shape index (κ2) is 5.14. The summed E-state index contributed by atoms with van der Waals surface area (Å²) in [4.78, 5) is 4.31. The van der Waals surface area contributed by atoms with Crippen LogP contribution in [0.3, 0.4) is 0 Å². The van der Waals surface area contributed by atoms with Crippen LogP contribution in [0.5, 0.6) is 0 Å². The molecular weight excluding hydrogens is 293 g/mol. The van der Waals surface area contributed by atoms with Gasteiger partial charge in [-0.25, -0.2) is 0 Å². The van der Waals surface area contributed by atoms with E-state index in [-0.39, 0.29) is 11.4 Å². The van der Waals surface area contributed by atoms with E-state index in [0.29, 0.717) is 11.3 Å². The Labute approximate surface area is 125 Å². The number of para-hydroxylation sites is 2. The average molecular weight is 306 g/mol. The van der Waals surface area contributed by atoms with Crippen LogP contribution in [0.25, 0.3) is 0 Å². The Kier molecular flexibility index (Phi) is 3.41. The number of alkyl halides is 3. The number of fused-ring (bicyclic) bond motifs is 1. The molecule has 2 N–H and O–H groups in total. The van der Waals surface area contributed by atoms with Crippen molar-refractivity contribution in [1.29, 1.82) is 0 Å². The summed E-state index contributed by atoms with van der Waals surface area (Å²) in [6.45, 7) is 0. The SMILES string of the molecule is OC1(C(F)(F)F)CC(c2ccccc2)=Nc2ccccc2N1. The van der Waals surface area contributed by atoms with E-state index >= 15 is 0 Å². The Morgan fingerprint density at radius 2 is 1.64 bits per heavy atom. The molecule has 0 saturated heterocycles. The van der Waals surface area contributed by atoms with Crippen molar-refractivity contribution in [2.24, 2.45) is 4.99 Å². The summed E-state index contributed by atoms with van der Waals surface area (Å²) in [5.74, 6) is 0. The minimum absolute atomic E-state index is 0.147. The van der Waals surface area contributed by atoms with Gasteiger partial charge in [0.2, 0.25) is 5.72 Å². The van der Waals surface area contributed by atoms with Crippen LogP contribution in [0.1, 0.15) is 12.0 Å². The molecule has 1 heterocycles. The molecule has 0 saturated carbocycles. The lowest BCUT2D eigenvalue weighted by Crippen LogP contribution is -2.52. The van der Waals surface area contributed by atoms with E-state index in [1.54, 1.807) is 48.5 Å². The number of halogens is 3. The monoisotopic (exact) mass is 306 g/mol. The van der Waals surface area contributed by atoms with E-state index in [9.17, 15) is 18.3 Å². The van der Waals surface area contributed by atoms with Crippen molar-refractivity contribution < 1.29 is 18.3 Å². The van der Waals surface area contributed by atoms with Gasteiger partial charge in [-0.05, 0) is 17.7 Å². The van der Waals surface area contributed by atoms with Crippen molar-refractivity contribution in [1.82, 2.24) is 0 Å². The molecule has 2 aromatic rings. The van der Waals surface area contributed by atoms with Gasteiger partial charge in [-0.2, -0.15) is 13.2 Å². The van der Waals surface area contributed by atoms with Gasteiger partial charge in [0.15, 0.2) is 0 Å². The summed E-state index contributed by atoms with van der Waals surface area (Å²) in [6.07, 6.45) is -5.50. The third-order valence-corrected chi connectivity index (χ3v) is 3.50. The molecule has 2 aromatic carbocycles. The minimum Gasteiger partial charge on any atom is -0.363 e. The first-order valence-electron chi connectivity index (χ1n) is 6.68. The summed E-state index contributed by atoms with van der Waals surface area (Å²) in [5, 5.41) is 12.3. The smallest absolute Gasteiger partial charge is 0.363 e. The molecule has 1 atom stereocenters. The summed E-state index contributed by atoms with van der Waals surface area (Å²) in [6, 6.07) is 14.9. The molecule has 22 heavy (non-hydrogen) atoms. The largest absolute Gasteiger partial charge is 0.436 e. The predicted octanol–water partition coefficient (Wildman–Crippen LogP) is 3.87. The maximum absolute atomic E-state index is 13.3. The molecule has 1 aliphatic heterocycles. The fraction of sp³-hybridized carbons (Fsp3) is 0.188. The Bertz CT molecular complexity index is 713. The molecule has 0 fully saturated rings. The number of hydrogen-bond acceptors (Lipinski definition) is 3. The van der Waals surface area contributed by atoms with Crippen LogP contribution in [0.2, 0.25) is 0 Å². The maximum Gasteiger partial charge on any atom is 0.436 e. The first-order valence-corrected chi connectivity index (χ1v) is 6.68. The van der Waals surface area contributed by atoms with Crippen molar-refractivity contribution in [3.63, 3.8) is 0 Å². The zero-order valence-electron chi connectivity index (χ0n) is 11.4. The number of rotatable bonds is 1. The molecule has 3 nitrogen and oxygen atoms in total. The second-order valence-corrected chi connectivity index (χ2v) is 5.10. The zero-order valence-corrected chi connectivity index (χ0v) is 11.4. The lowest BCUT2D eigenvalue weighted by atomic mass is 9.99. The molecule has 3 rings (SSSR count). The lowest BCUT2D eigenvalue weighted by molar-refractivity contribution is -0.245. The average Bonchev–Trinajstić information content (AvgIpc) is 2.64. The zero-order chi connectivity index (χ0) is 15.8. The summed E-state index contributed by atoms with van der Waals surface area (Å²) < 4.78 is 40.0. The molecule has 1 unspecified atom stereocenters. The molecule has 1 aliphatic rings. The molecule has 0 spiro atoms. The molecule has 0 aromatic heterocycles. The number of hydrogen-bond donors (Lipinski definition) is 2. The van der Waals surface area contributed by atoms with Crippen LogP contribution in [-0.2, 0) is 0 Å². The highest BCUT2D eigenvalue weighted by molar-refractivity contribution is 6.04. The van der Waals surface area contributed by atoms with Gasteiger partial charge in [-0.3, -0.25) is 4.99 Å². The van der Waals surface area contributed by atoms with Gasteiger partial charge >= 0.3 is 6.18 Å². The van der Waals surface area contributed by atoms with Crippen molar-refractivity contribution in [3.8, 4) is 0 Å². The Morgan fingerprint density at radius 1 is 1.00 bits per heavy atom. The van der Waals surface area contributed by atoms with Gasteiger partial charge < -0.3 is 10.4 Å². The van der Waals surface area contributed by atoms with Crippen LogP contribution in [0.15, 0.2) is 59.6 Å². The van der Waals surface area contributed by atoms with Crippen LogP contribution < -0.4 is 5.32 Å². The molecule has 0 radical (unpaired) electrons. The number of nitrogens with zero attached hydrogens (tertiary/aromatic N) is 1. The normalized spacial score (nSPS) is 21.4. The van der Waals surface area contributed by atoms with Crippen LogP contribution in [0, 0.1) is 0 Å². The lowest BCUT2D eigenvalue weighted by Gasteiger charge is -2.31. The molecule has 114 valence electrons. The highest BCUT2D eigenvalue weighted by atomic mass is 19.4. The number of anilines is 1. The van der Waals surface area contributed by atoms with Crippen molar-refractivity contribution >= 4 is 17.1 Å². The number of aliphatic hydroxyl groups is 1. The van der Waals surface area contributed by atoms with Crippen molar-refractivity contribution in [3.05, 3.63) is 60.2 Å². The van der Waals surface area contributed by atoms with E-state index in [2.05, 4.69) is 10.3 Å². The molecular formula is C16H13F3N2O. The quantitative estimate of drug-likeness (QED) is 0.840. The maximum atomic E-state index is 13.3. The number of nitrogens with one attached hydrogen (secondary N) is 1. The fourth-order valence-electron chi connectivity index (χ4n) is 2.34. The van der Waals surface area contributed by atoms with Crippen LogP contribution in [-0.4, -0.2) is 22.7 Å². The Morgan fingerprint density at radius 3 is 2.32 bits per heavy atom. The van der Waals surface area contributed by atoms with Gasteiger partial charge in [-0.15, -0.1) is 0 Å². The van der Waals surface area contributed by atoms with Gasteiger partial charge in [-0.1, -0.05) is 42.5 Å². The highest BCUT2D eigenvalue weighted by Crippen LogP contribution is 2.40. The molecule has 0 bridgehead atoms. The van der Waals surface area contributed by atoms with E-state index in [1.807, 2.05) is 0 Å². The van der Waals surface area contributed by atoms with Gasteiger partial charge in [0.05, 0.1) is 17.1 Å². The van der Waals surface area contributed by atoms with Crippen molar-refractivity contribution in [2.45, 2.75) is 18.3 Å². The fourth-order valence-corrected chi connectivity index (χ4v) is 2.34. The third kappa shape index (κ3) is 2.57. The topological polar surface area (TPSA) is 44.6 Å². The van der Waals surface area contributed by atoms with Gasteiger partial charge in [0, 0.05) is 6.42 Å². The first kappa shape index (κ1) is 14.6. The standard InChI is InChI=1S/C16H13F3N2O/c17-16(18,19)15(22)10-14(11-6-2-1-3-7-11)20-12-8-4-5-9-13(12)21-15/h1-9,21-22H,10H2. The third-order valence-electron chi connectivity index (χ3n) is 3.50. The van der Waals surface area contributed by atoms with Gasteiger partial charge in [0.25, 0.3) is 0 Å². The Balaban J connectivity index is 2.15. The van der Waals surface area contributed by atoms with Gasteiger partial charge in [0.1, 0.15) is 0 Å². The minimum atomic E-state index is -4.83. The molecule has 6 heteroatoms. The highest BCUT2D eigenvalue weighted by Gasteiger charge is 2.55. The number of benzene rings is 2. The van der Waals surface area contributed by atoms with E-state index in [4.69, 9.17) is 0 Å². The Hall–Kier alpha value is -2.34. The van der Waals surface area contributed by atoms with E-state index < -0.39 is 18.3 Å². The predicted molar refractivity (Wildman–Crippen MR) is 78.3 cm³/mol. The summed E-state index contributed by atoms with van der Waals surface area (Å²) in [7, 11) is 0. The second-order valence-electron chi connectivity index (χ2n) is 5.10. The molecule has 0 aliphatic carbocycles. The first-order chi connectivity index (χ1) is 10.4. The van der Waals surface area contributed by atoms with E-state index in [1.165, 1.54) is 6.07 Å². The summed E-state index contributed by atoms with van der Waals surface area (Å²) >= 11 is 0. The van der Waals surface area contributed by atoms with Crippen LogP contribution >= 0.6 is 0 Å². The van der Waals surface area contributed by atoms with Crippen LogP contribution in [0.4, 0.5) is 24.5 Å². The van der Waals surface area contributed by atoms with Crippen molar-refractivity contribution in [2.75, 3.05) is 5.32 Å². The van der Waals surface area contributed by atoms with E-state index in [0.717, 1.165) is 0 Å².